The van der Waals surface area contributed by atoms with E-state index in [4.69, 9.17) is 24.3 Å². The number of nitrogens with one attached hydrogen (secondary N) is 6. The average Bonchev–Trinajstić information content (AvgIpc) is 3.20. The van der Waals surface area contributed by atoms with Crippen molar-refractivity contribution in [3.8, 4) is 0 Å². The number of rotatable bonds is 23. The molecule has 0 radical (unpaired) electrons. The Morgan fingerprint density at radius 1 is 0.750 bits per heavy atom. The van der Waals surface area contributed by atoms with Crippen LogP contribution >= 0.6 is 15.6 Å². The lowest BCUT2D eigenvalue weighted by molar-refractivity contribution is -0.137. The third-order valence-electron chi connectivity index (χ3n) is 10.5. The number of ether oxygens (including phenoxy) is 1. The van der Waals surface area contributed by atoms with Crippen molar-refractivity contribution in [2.75, 3.05) is 45.9 Å². The van der Waals surface area contributed by atoms with E-state index in [1.165, 1.54) is 27.7 Å². The Morgan fingerprint density at radius 3 is 1.83 bits per heavy atom. The fourth-order valence-corrected chi connectivity index (χ4v) is 7.72. The first-order chi connectivity index (χ1) is 29.8. The summed E-state index contributed by atoms with van der Waals surface area (Å²) in [6.45, 7) is 6.55. The normalized spacial score (nSPS) is 18.1. The summed E-state index contributed by atoms with van der Waals surface area (Å²) in [7, 11) is -9.58. The van der Waals surface area contributed by atoms with Crippen LogP contribution in [0.15, 0.2) is 34.9 Å². The lowest BCUT2D eigenvalue weighted by Gasteiger charge is -2.32. The maximum Gasteiger partial charge on any atom is 0.469 e. The zero-order chi connectivity index (χ0) is 47.9. The Balaban J connectivity index is 1.42. The molecule has 1 fully saturated rings. The highest BCUT2D eigenvalue weighted by atomic mass is 31.2. The van der Waals surface area contributed by atoms with Gasteiger partial charge in [0, 0.05) is 61.6 Å². The standard InChI is InChI=1S/C39H63N7O16P2/c1-24-28-8-6-7-27(62-37(53)44-20-18-40-30(47)15-16-42-35(51)33(49)38(2,3)22-60-63(54,55)56)13-14-29(28)32(46-45-24)26-11-9-25(10-12-26)21-31(48)41-17-19-43-36(52)34(50)39(4,5)23-61-64(57,58)59/h9-12,27-28,33-34,46,49-50H,6-8,13-23H2,1-5H3,(H,40,47)(H,41,48)(H,42,51)(H,43,52)(H,44,53)(H2,54,55,56)(H2,57,58,59)/t27-,28-,33-,34-/m0/s1. The molecule has 5 amide bonds. The minimum Gasteiger partial charge on any atom is -0.446 e. The van der Waals surface area contributed by atoms with Crippen LogP contribution < -0.4 is 32.0 Å². The number of phosphoric ester groups is 2. The predicted molar refractivity (Wildman–Crippen MR) is 230 cm³/mol. The monoisotopic (exact) mass is 947 g/mol. The summed E-state index contributed by atoms with van der Waals surface area (Å²) in [6.07, 6.45) is -0.941. The van der Waals surface area contributed by atoms with Crippen LogP contribution in [0.2, 0.25) is 0 Å². The van der Waals surface area contributed by atoms with Gasteiger partial charge >= 0.3 is 21.7 Å². The summed E-state index contributed by atoms with van der Waals surface area (Å²) in [5, 5.41) is 38.0. The van der Waals surface area contributed by atoms with Crippen LogP contribution in [0.25, 0.3) is 5.70 Å². The second kappa shape index (κ2) is 24.3. The highest BCUT2D eigenvalue weighted by molar-refractivity contribution is 7.46. The third-order valence-corrected chi connectivity index (χ3v) is 11.5. The van der Waals surface area contributed by atoms with Crippen molar-refractivity contribution in [3.63, 3.8) is 0 Å². The van der Waals surface area contributed by atoms with E-state index in [1.54, 1.807) is 0 Å². The van der Waals surface area contributed by atoms with Crippen molar-refractivity contribution in [3.05, 3.63) is 41.0 Å². The molecule has 1 heterocycles. The molecule has 0 spiro atoms. The Kier molecular flexibility index (Phi) is 20.5. The molecule has 23 nitrogen and oxygen atoms in total. The van der Waals surface area contributed by atoms with E-state index in [1.807, 2.05) is 31.2 Å². The number of fused-ring (bicyclic) bond motifs is 1. The molecule has 0 saturated heterocycles. The van der Waals surface area contributed by atoms with Crippen molar-refractivity contribution >= 4 is 56.8 Å². The number of phosphoric acid groups is 2. The highest BCUT2D eigenvalue weighted by Crippen LogP contribution is 2.40. The summed E-state index contributed by atoms with van der Waals surface area (Å²) in [6, 6.07) is 7.44. The summed E-state index contributed by atoms with van der Waals surface area (Å²) in [5.41, 5.74) is 5.08. The maximum atomic E-state index is 12.7. The fourth-order valence-electron chi connectivity index (χ4n) is 6.71. The molecule has 4 atom stereocenters. The molecule has 1 aromatic carbocycles. The highest BCUT2D eigenvalue weighted by Gasteiger charge is 2.37. The number of allylic oxidation sites excluding steroid dienone is 1. The number of carbonyl (C=O) groups is 5. The third kappa shape index (κ3) is 18.7. The molecule has 1 aliphatic carbocycles. The van der Waals surface area contributed by atoms with Gasteiger partial charge in [0.25, 0.3) is 0 Å². The molecular formula is C39H63N7O16P2. The lowest BCUT2D eigenvalue weighted by atomic mass is 9.80. The predicted octanol–water partition coefficient (Wildman–Crippen LogP) is 0.442. The van der Waals surface area contributed by atoms with Crippen molar-refractivity contribution < 1.29 is 76.7 Å². The van der Waals surface area contributed by atoms with Gasteiger partial charge in [-0.2, -0.15) is 5.10 Å². The van der Waals surface area contributed by atoms with Crippen molar-refractivity contribution in [2.24, 2.45) is 21.8 Å². The molecular weight excluding hydrogens is 884 g/mol. The maximum absolute atomic E-state index is 12.7. The minimum atomic E-state index is -4.80. The zero-order valence-corrected chi connectivity index (χ0v) is 38.4. The van der Waals surface area contributed by atoms with Crippen LogP contribution in [0.4, 0.5) is 4.79 Å². The van der Waals surface area contributed by atoms with Gasteiger partial charge in [-0.25, -0.2) is 13.9 Å². The molecule has 3 rings (SSSR count). The molecule has 0 unspecified atom stereocenters. The van der Waals surface area contributed by atoms with Crippen LogP contribution in [-0.4, -0.2) is 129 Å². The zero-order valence-electron chi connectivity index (χ0n) is 36.6. The van der Waals surface area contributed by atoms with Crippen molar-refractivity contribution in [1.82, 2.24) is 32.0 Å². The van der Waals surface area contributed by atoms with E-state index in [0.29, 0.717) is 19.3 Å². The molecule has 64 heavy (non-hydrogen) atoms. The number of hydrazone groups is 1. The Morgan fingerprint density at radius 2 is 1.27 bits per heavy atom. The average molecular weight is 948 g/mol. The van der Waals surface area contributed by atoms with Crippen LogP contribution in [0.3, 0.4) is 0 Å². The second-order valence-corrected chi connectivity index (χ2v) is 19.4. The van der Waals surface area contributed by atoms with Crippen LogP contribution in [0.5, 0.6) is 0 Å². The number of aliphatic hydroxyl groups excluding tert-OH is 2. The van der Waals surface area contributed by atoms with Crippen molar-refractivity contribution in [2.45, 2.75) is 97.9 Å². The van der Waals surface area contributed by atoms with Crippen LogP contribution in [0, 0.1) is 16.7 Å². The molecule has 25 heteroatoms. The summed E-state index contributed by atoms with van der Waals surface area (Å²) in [4.78, 5) is 97.8. The number of benzene rings is 1. The Hall–Kier alpha value is -4.28. The van der Waals surface area contributed by atoms with Gasteiger partial charge in [0.05, 0.1) is 25.3 Å². The van der Waals surface area contributed by atoms with Gasteiger partial charge in [-0.1, -0.05) is 52.0 Å². The van der Waals surface area contributed by atoms with Gasteiger partial charge in [-0.05, 0) is 55.7 Å². The first kappa shape index (κ1) is 54.1. The minimum absolute atomic E-state index is 0.00392. The molecule has 0 bridgehead atoms. The SMILES string of the molecule is CC1=NNC(c2ccc(CC(=O)NCCNC(=O)[C@H](O)C(C)(C)COP(=O)(O)O)cc2)=C2CC[C@@H](OC(=O)NCCNC(=O)CCNC(=O)[C@H](O)C(C)(C)COP(=O)(O)O)CCC[C@@H]12. The van der Waals surface area contributed by atoms with E-state index in [0.717, 1.165) is 41.0 Å². The fraction of sp³-hybridized carbons (Fsp3) is 0.641. The molecule has 1 saturated carbocycles. The molecule has 360 valence electrons. The van der Waals surface area contributed by atoms with Gasteiger partial charge in [0.2, 0.25) is 23.6 Å². The van der Waals surface area contributed by atoms with Gasteiger partial charge in [0.1, 0.15) is 18.3 Å². The number of hydrogen-bond acceptors (Lipinski definition) is 14. The van der Waals surface area contributed by atoms with E-state index in [9.17, 15) is 43.3 Å². The number of nitrogens with zero attached hydrogens (tertiary/aromatic N) is 1. The van der Waals surface area contributed by atoms with Crippen LogP contribution in [0.1, 0.15) is 84.3 Å². The summed E-state index contributed by atoms with van der Waals surface area (Å²) in [5.74, 6) is -2.25. The van der Waals surface area contributed by atoms with Crippen LogP contribution in [-0.2, 0) is 48.5 Å². The largest absolute Gasteiger partial charge is 0.469 e. The van der Waals surface area contributed by atoms with E-state index >= 15 is 0 Å². The number of amides is 5. The number of hydrogen-bond donors (Lipinski definition) is 12. The number of carbonyl (C=O) groups excluding carboxylic acids is 5. The first-order valence-electron chi connectivity index (χ1n) is 20.7. The molecule has 0 aromatic heterocycles. The summed E-state index contributed by atoms with van der Waals surface area (Å²) >= 11 is 0. The van der Waals surface area contributed by atoms with E-state index in [-0.39, 0.29) is 63.5 Å². The summed E-state index contributed by atoms with van der Waals surface area (Å²) < 4.78 is 36.5. The van der Waals surface area contributed by atoms with Crippen molar-refractivity contribution in [1.29, 1.82) is 0 Å². The molecule has 12 N–H and O–H groups in total. The molecule has 2 aliphatic rings. The molecule has 1 aromatic rings. The van der Waals surface area contributed by atoms with Gasteiger partial charge in [-0.15, -0.1) is 0 Å². The van der Waals surface area contributed by atoms with E-state index < -0.39 is 75.7 Å². The second-order valence-electron chi connectivity index (χ2n) is 17.0. The number of alkyl carbamates (subject to hydrolysis) is 1. The van der Waals surface area contributed by atoms with E-state index in [2.05, 4.69) is 46.2 Å². The first-order valence-corrected chi connectivity index (χ1v) is 23.8. The topological polar surface area (TPSA) is 353 Å². The van der Waals surface area contributed by atoms with Gasteiger partial charge in [0.15, 0.2) is 0 Å². The number of aliphatic hydroxyl groups is 2. The molecule has 1 aliphatic heterocycles. The van der Waals surface area contributed by atoms with Gasteiger partial charge < -0.3 is 61.1 Å². The Labute approximate surface area is 371 Å². The quantitative estimate of drug-likeness (QED) is 0.0523. The van der Waals surface area contributed by atoms with Gasteiger partial charge in [-0.3, -0.25) is 33.7 Å². The lowest BCUT2D eigenvalue weighted by Crippen LogP contribution is -2.47. The smallest absolute Gasteiger partial charge is 0.446 e. The Bertz CT molecular complexity index is 1950.